The Morgan fingerprint density at radius 2 is 1.74 bits per heavy atom. The minimum atomic E-state index is -3.62. The van der Waals surface area contributed by atoms with E-state index in [1.807, 2.05) is 0 Å². The number of nitrogens with one attached hydrogen (secondary N) is 1. The summed E-state index contributed by atoms with van der Waals surface area (Å²) in [5.41, 5.74) is 2.00. The molecule has 174 valence electrons. The SMILES string of the molecule is Cn1ccc(-c2cc(NC(=O)c3ccc(S(C)(=O)=O)cc3-c3ccc(F)c(F)c3)ccc2Cl)n1. The molecule has 0 saturated heterocycles. The Morgan fingerprint density at radius 1 is 0.971 bits per heavy atom. The minimum Gasteiger partial charge on any atom is -0.322 e. The van der Waals surface area contributed by atoms with Crippen molar-refractivity contribution in [2.45, 2.75) is 4.90 Å². The molecule has 0 saturated carbocycles. The topological polar surface area (TPSA) is 81.1 Å². The van der Waals surface area contributed by atoms with Gasteiger partial charge in [0.25, 0.3) is 5.91 Å². The standard InChI is InChI=1S/C24H18ClF2N3O3S/c1-30-10-9-23(29-30)19-12-15(4-7-20(19)25)28-24(31)17-6-5-16(34(2,32)33)13-18(17)14-3-8-21(26)22(27)11-14/h3-13H,1-2H3,(H,28,31). The summed E-state index contributed by atoms with van der Waals surface area (Å²) >= 11 is 6.30. The van der Waals surface area contributed by atoms with Crippen molar-refractivity contribution in [1.82, 2.24) is 9.78 Å². The van der Waals surface area contributed by atoms with Crippen LogP contribution in [-0.2, 0) is 16.9 Å². The van der Waals surface area contributed by atoms with Crippen LogP contribution in [0.2, 0.25) is 5.02 Å². The Morgan fingerprint density at radius 3 is 2.38 bits per heavy atom. The first-order valence-electron chi connectivity index (χ1n) is 9.93. The second-order valence-electron chi connectivity index (χ2n) is 7.63. The first-order chi connectivity index (χ1) is 16.0. The van der Waals surface area contributed by atoms with Crippen LogP contribution in [0.25, 0.3) is 22.4 Å². The molecule has 0 radical (unpaired) electrons. The van der Waals surface area contributed by atoms with Gasteiger partial charge in [0.05, 0.1) is 15.6 Å². The average Bonchev–Trinajstić information content (AvgIpc) is 3.22. The van der Waals surface area contributed by atoms with E-state index in [4.69, 9.17) is 11.6 Å². The number of anilines is 1. The zero-order chi connectivity index (χ0) is 24.6. The van der Waals surface area contributed by atoms with Gasteiger partial charge in [0.1, 0.15) is 0 Å². The molecule has 0 aliphatic carbocycles. The van der Waals surface area contributed by atoms with Crippen LogP contribution in [0.5, 0.6) is 0 Å². The Bertz CT molecular complexity index is 1530. The van der Waals surface area contributed by atoms with Crippen molar-refractivity contribution in [3.8, 4) is 22.4 Å². The van der Waals surface area contributed by atoms with Gasteiger partial charge in [-0.25, -0.2) is 17.2 Å². The van der Waals surface area contributed by atoms with Crippen molar-refractivity contribution in [2.75, 3.05) is 11.6 Å². The molecule has 0 aliphatic heterocycles. The molecule has 0 aliphatic rings. The number of nitrogens with zero attached hydrogens (tertiary/aromatic N) is 2. The number of aryl methyl sites for hydroxylation is 1. The molecule has 1 aromatic heterocycles. The number of rotatable bonds is 5. The molecule has 6 nitrogen and oxygen atoms in total. The summed E-state index contributed by atoms with van der Waals surface area (Å²) in [6.45, 7) is 0. The Labute approximate surface area is 199 Å². The predicted molar refractivity (Wildman–Crippen MR) is 127 cm³/mol. The van der Waals surface area contributed by atoms with Gasteiger partial charge < -0.3 is 5.32 Å². The third kappa shape index (κ3) is 4.85. The quantitative estimate of drug-likeness (QED) is 0.400. The van der Waals surface area contributed by atoms with Gasteiger partial charge in [-0.2, -0.15) is 5.10 Å². The molecule has 10 heteroatoms. The molecule has 3 aromatic carbocycles. The number of amides is 1. The lowest BCUT2D eigenvalue weighted by Crippen LogP contribution is -2.14. The lowest BCUT2D eigenvalue weighted by Gasteiger charge is -2.13. The Hall–Kier alpha value is -3.56. The Balaban J connectivity index is 1.75. The normalized spacial score (nSPS) is 11.4. The van der Waals surface area contributed by atoms with Crippen LogP contribution in [0, 0.1) is 11.6 Å². The van der Waals surface area contributed by atoms with Gasteiger partial charge in [0.2, 0.25) is 0 Å². The van der Waals surface area contributed by atoms with E-state index in [2.05, 4.69) is 10.4 Å². The molecule has 1 amide bonds. The molecule has 4 rings (SSSR count). The molecular weight excluding hydrogens is 484 g/mol. The molecule has 1 heterocycles. The maximum atomic E-state index is 13.9. The molecule has 1 N–H and O–H groups in total. The number of sulfone groups is 1. The molecule has 0 fully saturated rings. The van der Waals surface area contributed by atoms with Crippen LogP contribution in [0.15, 0.2) is 71.8 Å². The Kier molecular flexibility index (Phi) is 6.24. The van der Waals surface area contributed by atoms with Gasteiger partial charge in [0.15, 0.2) is 21.5 Å². The first-order valence-corrected chi connectivity index (χ1v) is 12.2. The maximum absolute atomic E-state index is 13.9. The number of benzene rings is 3. The van der Waals surface area contributed by atoms with E-state index in [-0.39, 0.29) is 21.6 Å². The van der Waals surface area contributed by atoms with E-state index in [1.165, 1.54) is 24.3 Å². The molecule has 4 aromatic rings. The predicted octanol–water partition coefficient (Wildman–Crippen LogP) is 5.34. The zero-order valence-corrected chi connectivity index (χ0v) is 19.6. The van der Waals surface area contributed by atoms with Gasteiger partial charge in [-0.15, -0.1) is 0 Å². The highest BCUT2D eigenvalue weighted by molar-refractivity contribution is 7.90. The van der Waals surface area contributed by atoms with E-state index < -0.39 is 27.4 Å². The van der Waals surface area contributed by atoms with E-state index in [9.17, 15) is 22.0 Å². The number of halogens is 3. The third-order valence-corrected chi connectivity index (χ3v) is 6.55. The van der Waals surface area contributed by atoms with E-state index >= 15 is 0 Å². The summed E-state index contributed by atoms with van der Waals surface area (Å²) in [4.78, 5) is 13.1. The summed E-state index contributed by atoms with van der Waals surface area (Å²) in [6.07, 6.45) is 2.78. The van der Waals surface area contributed by atoms with Crippen LogP contribution in [0.1, 0.15) is 10.4 Å². The summed E-state index contributed by atoms with van der Waals surface area (Å²) in [6, 6.07) is 13.6. The summed E-state index contributed by atoms with van der Waals surface area (Å²) in [5, 5.41) is 7.51. The summed E-state index contributed by atoms with van der Waals surface area (Å²) < 4.78 is 53.1. The fourth-order valence-electron chi connectivity index (χ4n) is 3.41. The smallest absolute Gasteiger partial charge is 0.256 e. The van der Waals surface area contributed by atoms with Crippen molar-refractivity contribution in [3.63, 3.8) is 0 Å². The van der Waals surface area contributed by atoms with Gasteiger partial charge >= 0.3 is 0 Å². The zero-order valence-electron chi connectivity index (χ0n) is 18.0. The number of carbonyl (C=O) groups is 1. The molecular formula is C24H18ClF2N3O3S. The minimum absolute atomic E-state index is 0.0623. The number of hydrogen-bond acceptors (Lipinski definition) is 4. The first kappa shape index (κ1) is 23.6. The van der Waals surface area contributed by atoms with Gasteiger partial charge in [-0.1, -0.05) is 17.7 Å². The fraction of sp³-hybridized carbons (Fsp3) is 0.0833. The lowest BCUT2D eigenvalue weighted by molar-refractivity contribution is 0.102. The largest absolute Gasteiger partial charge is 0.322 e. The molecule has 0 unspecified atom stereocenters. The molecule has 0 atom stereocenters. The second-order valence-corrected chi connectivity index (χ2v) is 10.1. The van der Waals surface area contributed by atoms with Crippen molar-refractivity contribution in [3.05, 3.63) is 89.1 Å². The van der Waals surface area contributed by atoms with Gasteiger partial charge in [0, 0.05) is 36.3 Å². The molecule has 0 spiro atoms. The van der Waals surface area contributed by atoms with Gasteiger partial charge in [-0.3, -0.25) is 9.48 Å². The van der Waals surface area contributed by atoms with E-state index in [0.717, 1.165) is 18.4 Å². The van der Waals surface area contributed by atoms with E-state index in [0.29, 0.717) is 22.0 Å². The maximum Gasteiger partial charge on any atom is 0.256 e. The van der Waals surface area contributed by atoms with Crippen molar-refractivity contribution < 1.29 is 22.0 Å². The number of aromatic nitrogens is 2. The highest BCUT2D eigenvalue weighted by atomic mass is 35.5. The average molecular weight is 502 g/mol. The fourth-order valence-corrected chi connectivity index (χ4v) is 4.27. The van der Waals surface area contributed by atoms with Crippen LogP contribution in [-0.4, -0.2) is 30.4 Å². The number of hydrogen-bond donors (Lipinski definition) is 1. The summed E-state index contributed by atoms with van der Waals surface area (Å²) in [7, 11) is -1.85. The highest BCUT2D eigenvalue weighted by Gasteiger charge is 2.19. The number of carbonyl (C=O) groups excluding carboxylic acids is 1. The molecule has 0 bridgehead atoms. The van der Waals surface area contributed by atoms with E-state index in [1.54, 1.807) is 42.2 Å². The van der Waals surface area contributed by atoms with Crippen molar-refractivity contribution in [1.29, 1.82) is 0 Å². The van der Waals surface area contributed by atoms with Gasteiger partial charge in [-0.05, 0) is 65.7 Å². The highest BCUT2D eigenvalue weighted by Crippen LogP contribution is 2.32. The van der Waals surface area contributed by atoms with Crippen molar-refractivity contribution >= 4 is 33.0 Å². The molecule has 34 heavy (non-hydrogen) atoms. The lowest BCUT2D eigenvalue weighted by atomic mass is 9.98. The third-order valence-electron chi connectivity index (χ3n) is 5.11. The van der Waals surface area contributed by atoms with Crippen LogP contribution < -0.4 is 5.32 Å². The summed E-state index contributed by atoms with van der Waals surface area (Å²) in [5.74, 6) is -2.75. The van der Waals surface area contributed by atoms with Crippen LogP contribution in [0.4, 0.5) is 14.5 Å². The van der Waals surface area contributed by atoms with Crippen molar-refractivity contribution in [2.24, 2.45) is 7.05 Å². The monoisotopic (exact) mass is 501 g/mol. The van der Waals surface area contributed by atoms with Crippen LogP contribution >= 0.6 is 11.6 Å². The van der Waals surface area contributed by atoms with Crippen LogP contribution in [0.3, 0.4) is 0 Å². The second kappa shape index (κ2) is 9.00.